The number of rotatable bonds is 3. The molecule has 132 valence electrons. The molecular weight excluding hydrogens is 343 g/mol. The molecule has 1 aliphatic heterocycles. The van der Waals surface area contributed by atoms with E-state index in [4.69, 9.17) is 11.0 Å². The normalized spacial score (nSPS) is 21.2. The number of halogens is 3. The van der Waals surface area contributed by atoms with Gasteiger partial charge < -0.3 is 5.73 Å². The molecule has 2 N–H and O–H groups in total. The number of nitrogens with zero attached hydrogens (tertiary/aromatic N) is 2. The summed E-state index contributed by atoms with van der Waals surface area (Å²) in [5, 5.41) is 8.81. The van der Waals surface area contributed by atoms with E-state index in [0.717, 1.165) is 18.6 Å². The first-order chi connectivity index (χ1) is 11.1. The summed E-state index contributed by atoms with van der Waals surface area (Å²) < 4.78 is 66.0. The first kappa shape index (κ1) is 18.7. The lowest BCUT2D eigenvalue weighted by atomic mass is 10.00. The highest BCUT2D eigenvalue weighted by atomic mass is 32.2. The van der Waals surface area contributed by atoms with E-state index >= 15 is 0 Å². The lowest BCUT2D eigenvalue weighted by Gasteiger charge is -2.37. The van der Waals surface area contributed by atoms with Crippen LogP contribution in [0, 0.1) is 11.3 Å². The number of piperidine rings is 1. The average molecular weight is 361 g/mol. The molecule has 2 atom stereocenters. The molecular formula is C15H18F3N3O2S. The molecule has 1 aromatic carbocycles. The van der Waals surface area contributed by atoms with Crippen LogP contribution in [0.5, 0.6) is 0 Å². The molecule has 0 amide bonds. The van der Waals surface area contributed by atoms with Gasteiger partial charge in [0, 0.05) is 18.6 Å². The molecule has 5 nitrogen and oxygen atoms in total. The van der Waals surface area contributed by atoms with Gasteiger partial charge in [0.05, 0.1) is 22.1 Å². The minimum Gasteiger partial charge on any atom is -0.326 e. The van der Waals surface area contributed by atoms with Crippen LogP contribution in [0.1, 0.15) is 37.3 Å². The highest BCUT2D eigenvalue weighted by Gasteiger charge is 2.38. The Morgan fingerprint density at radius 3 is 2.58 bits per heavy atom. The second-order valence-corrected chi connectivity index (χ2v) is 7.75. The zero-order chi connectivity index (χ0) is 18.1. The van der Waals surface area contributed by atoms with Crippen LogP contribution in [0.4, 0.5) is 13.2 Å². The summed E-state index contributed by atoms with van der Waals surface area (Å²) in [6.45, 7) is 1.90. The minimum atomic E-state index is -4.81. The molecule has 9 heteroatoms. The van der Waals surface area contributed by atoms with Crippen LogP contribution >= 0.6 is 0 Å². The van der Waals surface area contributed by atoms with Crippen LogP contribution in [0.2, 0.25) is 0 Å². The quantitative estimate of drug-likeness (QED) is 0.896. The topological polar surface area (TPSA) is 87.2 Å². The van der Waals surface area contributed by atoms with Crippen molar-refractivity contribution >= 4 is 10.0 Å². The van der Waals surface area contributed by atoms with Gasteiger partial charge in [0.25, 0.3) is 0 Å². The van der Waals surface area contributed by atoms with E-state index in [1.165, 1.54) is 10.4 Å². The van der Waals surface area contributed by atoms with Crippen molar-refractivity contribution in [3.8, 4) is 6.07 Å². The number of nitriles is 1. The van der Waals surface area contributed by atoms with E-state index in [0.29, 0.717) is 18.9 Å². The fourth-order valence-electron chi connectivity index (χ4n) is 2.91. The highest BCUT2D eigenvalue weighted by Crippen LogP contribution is 2.35. The lowest BCUT2D eigenvalue weighted by molar-refractivity contribution is -0.137. The van der Waals surface area contributed by atoms with Crippen molar-refractivity contribution in [2.45, 2.75) is 49.3 Å². The zero-order valence-corrected chi connectivity index (χ0v) is 13.9. The molecule has 1 heterocycles. The lowest BCUT2D eigenvalue weighted by Crippen LogP contribution is -2.51. The maximum atomic E-state index is 13.1. The Hall–Kier alpha value is -1.63. The van der Waals surface area contributed by atoms with Gasteiger partial charge in [0.15, 0.2) is 0 Å². The fourth-order valence-corrected chi connectivity index (χ4v) is 4.71. The third kappa shape index (κ3) is 3.55. The van der Waals surface area contributed by atoms with Gasteiger partial charge in [-0.05, 0) is 38.0 Å². The van der Waals surface area contributed by atoms with E-state index in [-0.39, 0.29) is 6.54 Å². The number of sulfonamides is 1. The summed E-state index contributed by atoms with van der Waals surface area (Å²) >= 11 is 0. The Kier molecular flexibility index (Phi) is 5.22. The van der Waals surface area contributed by atoms with Crippen molar-refractivity contribution in [3.63, 3.8) is 0 Å². The van der Waals surface area contributed by atoms with Crippen LogP contribution in [-0.4, -0.2) is 31.4 Å². The summed E-state index contributed by atoms with van der Waals surface area (Å²) in [6.07, 6.45) is -2.79. The summed E-state index contributed by atoms with van der Waals surface area (Å²) in [5.41, 5.74) is 3.99. The SMILES string of the molecule is C[C@H](N)[C@H]1CCCCN1S(=O)(=O)c1ccc(C#N)c(C(F)(F)F)c1. The Balaban J connectivity index is 2.52. The molecule has 1 fully saturated rings. The molecule has 1 saturated heterocycles. The summed E-state index contributed by atoms with van der Waals surface area (Å²) in [4.78, 5) is -0.471. The second-order valence-electron chi connectivity index (χ2n) is 5.85. The minimum absolute atomic E-state index is 0.218. The molecule has 1 aromatic rings. The molecule has 0 saturated carbocycles. The Labute approximate surface area is 138 Å². The third-order valence-corrected chi connectivity index (χ3v) is 6.05. The molecule has 24 heavy (non-hydrogen) atoms. The third-order valence-electron chi connectivity index (χ3n) is 4.13. The van der Waals surface area contributed by atoms with Crippen molar-refractivity contribution in [3.05, 3.63) is 29.3 Å². The Bertz CT molecular complexity index is 754. The van der Waals surface area contributed by atoms with Crippen molar-refractivity contribution in [2.75, 3.05) is 6.54 Å². The van der Waals surface area contributed by atoms with Gasteiger partial charge >= 0.3 is 6.18 Å². The van der Waals surface area contributed by atoms with Gasteiger partial charge in [0.1, 0.15) is 0 Å². The van der Waals surface area contributed by atoms with Crippen LogP contribution in [0.25, 0.3) is 0 Å². The first-order valence-electron chi connectivity index (χ1n) is 7.48. The van der Waals surface area contributed by atoms with Gasteiger partial charge in [-0.2, -0.15) is 22.7 Å². The largest absolute Gasteiger partial charge is 0.417 e. The molecule has 1 aliphatic rings. The van der Waals surface area contributed by atoms with Crippen molar-refractivity contribution in [2.24, 2.45) is 5.73 Å². The number of hydrogen-bond donors (Lipinski definition) is 1. The van der Waals surface area contributed by atoms with E-state index < -0.39 is 44.3 Å². The zero-order valence-electron chi connectivity index (χ0n) is 13.0. The van der Waals surface area contributed by atoms with Gasteiger partial charge in [-0.15, -0.1) is 0 Å². The van der Waals surface area contributed by atoms with E-state index in [1.54, 1.807) is 6.92 Å². The van der Waals surface area contributed by atoms with Crippen molar-refractivity contribution in [1.29, 1.82) is 5.26 Å². The van der Waals surface area contributed by atoms with Gasteiger partial charge in [0.2, 0.25) is 10.0 Å². The molecule has 0 spiro atoms. The first-order valence-corrected chi connectivity index (χ1v) is 8.92. The predicted octanol–water partition coefficient (Wildman–Crippen LogP) is 2.47. The molecule has 0 unspecified atom stereocenters. The molecule has 0 aliphatic carbocycles. The predicted molar refractivity (Wildman–Crippen MR) is 81.3 cm³/mol. The van der Waals surface area contributed by atoms with Crippen LogP contribution in [0.3, 0.4) is 0 Å². The summed E-state index contributed by atoms with van der Waals surface area (Å²) in [5.74, 6) is 0. The van der Waals surface area contributed by atoms with Crippen LogP contribution in [0.15, 0.2) is 23.1 Å². The van der Waals surface area contributed by atoms with Crippen molar-refractivity contribution < 1.29 is 21.6 Å². The van der Waals surface area contributed by atoms with Gasteiger partial charge in [-0.3, -0.25) is 0 Å². The van der Waals surface area contributed by atoms with E-state index in [1.807, 2.05) is 0 Å². The number of nitrogens with two attached hydrogens (primary N) is 1. The second kappa shape index (κ2) is 6.70. The fraction of sp³-hybridized carbons (Fsp3) is 0.533. The van der Waals surface area contributed by atoms with E-state index in [2.05, 4.69) is 0 Å². The molecule has 0 aromatic heterocycles. The Morgan fingerprint density at radius 2 is 2.04 bits per heavy atom. The molecule has 2 rings (SSSR count). The maximum Gasteiger partial charge on any atom is 0.417 e. The van der Waals surface area contributed by atoms with Gasteiger partial charge in [-0.25, -0.2) is 8.42 Å². The monoisotopic (exact) mass is 361 g/mol. The smallest absolute Gasteiger partial charge is 0.326 e. The summed E-state index contributed by atoms with van der Waals surface area (Å²) in [6, 6.07) is 3.01. The molecule has 0 radical (unpaired) electrons. The number of alkyl halides is 3. The van der Waals surface area contributed by atoms with Crippen LogP contribution in [-0.2, 0) is 16.2 Å². The van der Waals surface area contributed by atoms with Crippen molar-refractivity contribution in [1.82, 2.24) is 4.31 Å². The van der Waals surface area contributed by atoms with Gasteiger partial charge in [-0.1, -0.05) is 6.42 Å². The summed E-state index contributed by atoms with van der Waals surface area (Å²) in [7, 11) is -4.12. The number of benzene rings is 1. The standard InChI is InChI=1S/C15H18F3N3O2S/c1-10(20)14-4-2-3-7-21(14)24(22,23)12-6-5-11(9-19)13(8-12)15(16,17)18/h5-6,8,10,14H,2-4,7,20H2,1H3/t10-,14+/m0/s1. The highest BCUT2D eigenvalue weighted by molar-refractivity contribution is 7.89. The maximum absolute atomic E-state index is 13.1. The Morgan fingerprint density at radius 1 is 1.38 bits per heavy atom. The van der Waals surface area contributed by atoms with Crippen LogP contribution < -0.4 is 5.73 Å². The average Bonchev–Trinajstić information content (AvgIpc) is 2.53. The molecule has 0 bridgehead atoms. The number of hydrogen-bond acceptors (Lipinski definition) is 4. The van der Waals surface area contributed by atoms with E-state index in [9.17, 15) is 21.6 Å².